The van der Waals surface area contributed by atoms with Gasteiger partial charge in [0.25, 0.3) is 11.7 Å². The number of hydrogen-bond donors (Lipinski definition) is 1. The first-order valence-electron chi connectivity index (χ1n) is 10.9. The highest BCUT2D eigenvalue weighted by Crippen LogP contribution is 2.40. The van der Waals surface area contributed by atoms with E-state index in [0.29, 0.717) is 29.0 Å². The maximum absolute atomic E-state index is 13.6. The van der Waals surface area contributed by atoms with E-state index in [2.05, 4.69) is 0 Å². The van der Waals surface area contributed by atoms with Crippen LogP contribution in [0.5, 0.6) is 5.75 Å². The largest absolute Gasteiger partial charge is 0.507 e. The molecule has 1 N–H and O–H groups in total. The smallest absolute Gasteiger partial charge is 0.295 e. The summed E-state index contributed by atoms with van der Waals surface area (Å²) in [6.07, 6.45) is 0.801. The summed E-state index contributed by atoms with van der Waals surface area (Å²) < 4.78 is 32.6. The van der Waals surface area contributed by atoms with Gasteiger partial charge in [0.15, 0.2) is 0 Å². The van der Waals surface area contributed by atoms with Gasteiger partial charge in [-0.15, -0.1) is 0 Å². The highest BCUT2D eigenvalue weighted by molar-refractivity contribution is 6.46. The number of ether oxygens (including phenoxy) is 1. The molecule has 1 aliphatic heterocycles. The summed E-state index contributed by atoms with van der Waals surface area (Å²) in [6, 6.07) is 16.6. The zero-order valence-corrected chi connectivity index (χ0v) is 18.5. The minimum absolute atomic E-state index is 0.00330. The van der Waals surface area contributed by atoms with E-state index in [1.807, 2.05) is 6.92 Å². The van der Waals surface area contributed by atoms with Gasteiger partial charge in [-0.2, -0.15) is 0 Å². The van der Waals surface area contributed by atoms with Crippen LogP contribution in [-0.4, -0.2) is 28.3 Å². The van der Waals surface area contributed by atoms with Crippen molar-refractivity contribution >= 4 is 17.4 Å². The molecule has 0 spiro atoms. The van der Waals surface area contributed by atoms with Gasteiger partial charge < -0.3 is 14.7 Å². The second kappa shape index (κ2) is 9.87. The molecule has 34 heavy (non-hydrogen) atoms. The van der Waals surface area contributed by atoms with Gasteiger partial charge in [0.05, 0.1) is 18.2 Å². The van der Waals surface area contributed by atoms with Crippen molar-refractivity contribution in [1.29, 1.82) is 0 Å². The van der Waals surface area contributed by atoms with Crippen molar-refractivity contribution in [3.8, 4) is 5.75 Å². The molecule has 5 nitrogen and oxygen atoms in total. The summed E-state index contributed by atoms with van der Waals surface area (Å²) in [5.74, 6) is -2.39. The molecule has 0 aromatic heterocycles. The Hall–Kier alpha value is -4.00. The fraction of sp³-hybridized carbons (Fsp3) is 0.185. The van der Waals surface area contributed by atoms with Gasteiger partial charge in [0, 0.05) is 12.1 Å². The van der Waals surface area contributed by atoms with E-state index in [1.54, 1.807) is 24.3 Å². The molecule has 1 fully saturated rings. The van der Waals surface area contributed by atoms with Gasteiger partial charge >= 0.3 is 0 Å². The number of likely N-dealkylation sites (tertiary alicyclic amines) is 1. The third kappa shape index (κ3) is 4.69. The second-order valence-corrected chi connectivity index (χ2v) is 7.98. The lowest BCUT2D eigenvalue weighted by Crippen LogP contribution is -2.29. The van der Waals surface area contributed by atoms with Crippen LogP contribution in [0, 0.1) is 11.6 Å². The van der Waals surface area contributed by atoms with Crippen LogP contribution in [0.1, 0.15) is 36.1 Å². The molecule has 0 saturated carbocycles. The van der Waals surface area contributed by atoms with Crippen LogP contribution in [0.4, 0.5) is 8.78 Å². The van der Waals surface area contributed by atoms with Gasteiger partial charge in [-0.05, 0) is 53.9 Å². The molecule has 1 saturated heterocycles. The Morgan fingerprint density at radius 2 is 1.62 bits per heavy atom. The van der Waals surface area contributed by atoms with Crippen LogP contribution in [0.3, 0.4) is 0 Å². The Kier molecular flexibility index (Phi) is 6.72. The molecular formula is C27H23F2NO4. The molecule has 4 rings (SSSR count). The Bertz CT molecular complexity index is 1240. The lowest BCUT2D eigenvalue weighted by molar-refractivity contribution is -0.140. The van der Waals surface area contributed by atoms with Crippen molar-refractivity contribution in [2.75, 3.05) is 6.61 Å². The maximum Gasteiger partial charge on any atom is 0.295 e. The van der Waals surface area contributed by atoms with E-state index in [4.69, 9.17) is 4.74 Å². The zero-order valence-electron chi connectivity index (χ0n) is 18.5. The van der Waals surface area contributed by atoms with Crippen LogP contribution in [0.15, 0.2) is 78.4 Å². The highest BCUT2D eigenvalue weighted by Gasteiger charge is 2.46. The number of carbonyl (C=O) groups excluding carboxylic acids is 2. The molecule has 1 heterocycles. The molecule has 3 aromatic rings. The predicted octanol–water partition coefficient (Wildman–Crippen LogP) is 5.38. The average Bonchev–Trinajstić information content (AvgIpc) is 3.09. The molecule has 0 bridgehead atoms. The number of Topliss-reactive ketones (excluding diaryl/α,β-unsaturated/α-hetero) is 1. The Labute approximate surface area is 195 Å². The number of aliphatic hydroxyl groups is 1. The molecule has 7 heteroatoms. The first-order chi connectivity index (χ1) is 16.4. The first kappa shape index (κ1) is 23.2. The maximum atomic E-state index is 13.6. The summed E-state index contributed by atoms with van der Waals surface area (Å²) in [5.41, 5.74) is 1.28. The average molecular weight is 463 g/mol. The number of halogens is 2. The van der Waals surface area contributed by atoms with Crippen LogP contribution in [0.25, 0.3) is 5.76 Å². The summed E-state index contributed by atoms with van der Waals surface area (Å²) >= 11 is 0. The predicted molar refractivity (Wildman–Crippen MR) is 123 cm³/mol. The van der Waals surface area contributed by atoms with Gasteiger partial charge in [0.2, 0.25) is 0 Å². The first-order valence-corrected chi connectivity index (χ1v) is 10.9. The fourth-order valence-electron chi connectivity index (χ4n) is 3.93. The van der Waals surface area contributed by atoms with Crippen molar-refractivity contribution < 1.29 is 28.2 Å². The van der Waals surface area contributed by atoms with Crippen molar-refractivity contribution in [3.63, 3.8) is 0 Å². The molecule has 174 valence electrons. The Morgan fingerprint density at radius 1 is 0.971 bits per heavy atom. The quantitative estimate of drug-likeness (QED) is 0.290. The lowest BCUT2D eigenvalue weighted by atomic mass is 9.95. The summed E-state index contributed by atoms with van der Waals surface area (Å²) in [7, 11) is 0. The van der Waals surface area contributed by atoms with E-state index < -0.39 is 29.4 Å². The van der Waals surface area contributed by atoms with Crippen LogP contribution in [0.2, 0.25) is 0 Å². The molecule has 1 aliphatic rings. The summed E-state index contributed by atoms with van der Waals surface area (Å²) in [6.45, 7) is 2.46. The summed E-state index contributed by atoms with van der Waals surface area (Å²) in [4.78, 5) is 27.4. The van der Waals surface area contributed by atoms with E-state index >= 15 is 0 Å². The molecule has 1 unspecified atom stereocenters. The second-order valence-electron chi connectivity index (χ2n) is 7.98. The monoisotopic (exact) mass is 463 g/mol. The van der Waals surface area contributed by atoms with E-state index in [0.717, 1.165) is 6.42 Å². The minimum Gasteiger partial charge on any atom is -0.507 e. The number of nitrogens with zero attached hydrogens (tertiary/aromatic N) is 1. The van der Waals surface area contributed by atoms with Crippen molar-refractivity contribution in [3.05, 3.63) is 107 Å². The van der Waals surface area contributed by atoms with Crippen molar-refractivity contribution in [2.45, 2.75) is 25.9 Å². The standard InChI is InChI=1S/C27H23F2NO4/c1-2-14-34-22-5-3-4-19(15-22)25(31)23-24(18-8-12-21(29)13-9-18)30(27(33)26(23)32)16-17-6-10-20(28)11-7-17/h3-13,15,24,31H,2,14,16H2,1H3/b25-23-. The molecule has 1 amide bonds. The number of hydrogen-bond acceptors (Lipinski definition) is 4. The highest BCUT2D eigenvalue weighted by atomic mass is 19.1. The number of ketones is 1. The zero-order chi connectivity index (χ0) is 24.2. The number of benzene rings is 3. The SMILES string of the molecule is CCCOc1cccc(/C(O)=C2/C(=O)C(=O)N(Cc3ccc(F)cc3)C2c2ccc(F)cc2)c1. The van der Waals surface area contributed by atoms with Crippen LogP contribution in [-0.2, 0) is 16.1 Å². The van der Waals surface area contributed by atoms with Crippen LogP contribution < -0.4 is 4.74 Å². The van der Waals surface area contributed by atoms with Gasteiger partial charge in [-0.3, -0.25) is 9.59 Å². The molecule has 0 radical (unpaired) electrons. The van der Waals surface area contributed by atoms with E-state index in [1.165, 1.54) is 53.4 Å². The van der Waals surface area contributed by atoms with Crippen LogP contribution >= 0.6 is 0 Å². The number of rotatable bonds is 7. The van der Waals surface area contributed by atoms with Gasteiger partial charge in [-0.25, -0.2) is 8.78 Å². The third-order valence-electron chi connectivity index (χ3n) is 5.57. The van der Waals surface area contributed by atoms with E-state index in [-0.39, 0.29) is 17.9 Å². The molecular weight excluding hydrogens is 440 g/mol. The van der Waals surface area contributed by atoms with E-state index in [9.17, 15) is 23.5 Å². The Balaban J connectivity index is 1.81. The number of aliphatic hydroxyl groups excluding tert-OH is 1. The van der Waals surface area contributed by atoms with Crippen molar-refractivity contribution in [2.24, 2.45) is 0 Å². The number of amides is 1. The Morgan fingerprint density at radius 3 is 2.26 bits per heavy atom. The van der Waals surface area contributed by atoms with Gasteiger partial charge in [0.1, 0.15) is 23.1 Å². The topological polar surface area (TPSA) is 66.8 Å². The third-order valence-corrected chi connectivity index (χ3v) is 5.57. The van der Waals surface area contributed by atoms with Crippen molar-refractivity contribution in [1.82, 2.24) is 4.90 Å². The minimum atomic E-state index is -0.953. The fourth-order valence-corrected chi connectivity index (χ4v) is 3.93. The lowest BCUT2D eigenvalue weighted by Gasteiger charge is -2.25. The molecule has 3 aromatic carbocycles. The molecule has 1 atom stereocenters. The number of carbonyl (C=O) groups is 2. The molecule has 0 aliphatic carbocycles. The normalized spacial score (nSPS) is 17.3. The summed E-state index contributed by atoms with van der Waals surface area (Å²) in [5, 5.41) is 11.2. The van der Waals surface area contributed by atoms with Gasteiger partial charge in [-0.1, -0.05) is 43.3 Å².